The van der Waals surface area contributed by atoms with Gasteiger partial charge in [-0.05, 0) is 62.7 Å². The van der Waals surface area contributed by atoms with Crippen molar-refractivity contribution >= 4 is 17.4 Å². The largest absolute Gasteiger partial charge is 0.493 e. The Morgan fingerprint density at radius 3 is 2.58 bits per heavy atom. The molecule has 2 aromatic rings. The normalized spacial score (nSPS) is 19.2. The number of rotatable bonds is 10. The SMILES string of the molecule is C=C(C)COCC(CN1c2ccccc2SCC1c1ccc(OC)c(OC)c1)N1CCCC1. The summed E-state index contributed by atoms with van der Waals surface area (Å²) in [6, 6.07) is 15.7. The maximum absolute atomic E-state index is 6.10. The summed E-state index contributed by atoms with van der Waals surface area (Å²) in [6.07, 6.45) is 2.53. The van der Waals surface area contributed by atoms with Gasteiger partial charge in [-0.3, -0.25) is 4.90 Å². The molecule has 1 saturated heterocycles. The quantitative estimate of drug-likeness (QED) is 0.434. The molecule has 2 heterocycles. The van der Waals surface area contributed by atoms with Crippen molar-refractivity contribution in [3.05, 3.63) is 60.2 Å². The van der Waals surface area contributed by atoms with Crippen LogP contribution in [0.2, 0.25) is 0 Å². The summed E-state index contributed by atoms with van der Waals surface area (Å²) in [5, 5.41) is 0. The highest BCUT2D eigenvalue weighted by molar-refractivity contribution is 7.99. The summed E-state index contributed by atoms with van der Waals surface area (Å²) in [6.45, 7) is 10.6. The zero-order valence-corrected chi connectivity index (χ0v) is 20.9. The van der Waals surface area contributed by atoms with E-state index < -0.39 is 0 Å². The first-order valence-electron chi connectivity index (χ1n) is 11.8. The number of benzene rings is 2. The summed E-state index contributed by atoms with van der Waals surface area (Å²) in [5.74, 6) is 2.53. The fraction of sp³-hybridized carbons (Fsp3) is 0.481. The minimum absolute atomic E-state index is 0.246. The minimum Gasteiger partial charge on any atom is -0.493 e. The highest BCUT2D eigenvalue weighted by atomic mass is 32.2. The monoisotopic (exact) mass is 468 g/mol. The molecule has 6 heteroatoms. The van der Waals surface area contributed by atoms with Crippen LogP contribution in [0.5, 0.6) is 11.5 Å². The Kier molecular flexibility index (Phi) is 8.23. The lowest BCUT2D eigenvalue weighted by Crippen LogP contribution is -2.48. The summed E-state index contributed by atoms with van der Waals surface area (Å²) in [4.78, 5) is 6.53. The Morgan fingerprint density at radius 1 is 1.09 bits per heavy atom. The van der Waals surface area contributed by atoms with E-state index in [4.69, 9.17) is 14.2 Å². The molecule has 0 aliphatic carbocycles. The molecule has 178 valence electrons. The molecule has 0 aromatic heterocycles. The standard InChI is InChI=1S/C27H36N2O3S/c1-20(2)17-32-18-22(28-13-7-8-14-28)16-29-23-9-5-6-10-27(23)33-19-24(29)21-11-12-25(30-3)26(15-21)31-4/h5-6,9-12,15,22,24H,1,7-8,13-14,16-19H2,2-4H3. The van der Waals surface area contributed by atoms with Crippen LogP contribution in [-0.4, -0.2) is 63.8 Å². The molecule has 33 heavy (non-hydrogen) atoms. The number of ether oxygens (including phenoxy) is 3. The predicted octanol–water partition coefficient (Wildman–Crippen LogP) is 5.41. The molecule has 2 aliphatic rings. The van der Waals surface area contributed by atoms with Crippen LogP contribution in [0.25, 0.3) is 0 Å². The molecule has 5 nitrogen and oxygen atoms in total. The maximum Gasteiger partial charge on any atom is 0.161 e. The smallest absolute Gasteiger partial charge is 0.161 e. The number of methoxy groups -OCH3 is 2. The second-order valence-corrected chi connectivity index (χ2v) is 9.99. The fourth-order valence-electron chi connectivity index (χ4n) is 4.78. The average Bonchev–Trinajstić information content (AvgIpc) is 3.37. The van der Waals surface area contributed by atoms with Crippen molar-refractivity contribution in [2.45, 2.75) is 36.7 Å². The first-order valence-corrected chi connectivity index (χ1v) is 12.8. The van der Waals surface area contributed by atoms with Crippen LogP contribution in [0, 0.1) is 0 Å². The molecule has 0 radical (unpaired) electrons. The van der Waals surface area contributed by atoms with E-state index >= 15 is 0 Å². The molecule has 0 bridgehead atoms. The lowest BCUT2D eigenvalue weighted by molar-refractivity contribution is 0.0838. The van der Waals surface area contributed by atoms with Crippen molar-refractivity contribution in [1.29, 1.82) is 0 Å². The topological polar surface area (TPSA) is 34.2 Å². The zero-order chi connectivity index (χ0) is 23.2. The van der Waals surface area contributed by atoms with Crippen molar-refractivity contribution < 1.29 is 14.2 Å². The van der Waals surface area contributed by atoms with Crippen LogP contribution < -0.4 is 14.4 Å². The number of thioether (sulfide) groups is 1. The van der Waals surface area contributed by atoms with Gasteiger partial charge in [-0.2, -0.15) is 0 Å². The summed E-state index contributed by atoms with van der Waals surface area (Å²) in [5.41, 5.74) is 3.62. The van der Waals surface area contributed by atoms with Crippen LogP contribution in [0.4, 0.5) is 5.69 Å². The van der Waals surface area contributed by atoms with E-state index in [2.05, 4.69) is 52.8 Å². The molecule has 0 amide bonds. The van der Waals surface area contributed by atoms with Gasteiger partial charge in [-0.1, -0.05) is 30.4 Å². The van der Waals surface area contributed by atoms with Crippen molar-refractivity contribution in [3.63, 3.8) is 0 Å². The maximum atomic E-state index is 6.10. The lowest BCUT2D eigenvalue weighted by Gasteiger charge is -2.42. The van der Waals surface area contributed by atoms with Gasteiger partial charge in [0.15, 0.2) is 11.5 Å². The van der Waals surface area contributed by atoms with E-state index in [1.165, 1.54) is 29.0 Å². The Bertz CT molecular complexity index is 945. The molecule has 0 N–H and O–H groups in total. The molecule has 2 atom stereocenters. The number of nitrogens with zero attached hydrogens (tertiary/aromatic N) is 2. The van der Waals surface area contributed by atoms with Crippen LogP contribution in [-0.2, 0) is 4.74 Å². The van der Waals surface area contributed by atoms with Gasteiger partial charge >= 0.3 is 0 Å². The third-order valence-electron chi connectivity index (χ3n) is 6.46. The van der Waals surface area contributed by atoms with E-state index in [0.29, 0.717) is 12.6 Å². The van der Waals surface area contributed by atoms with Gasteiger partial charge in [0.05, 0.1) is 45.2 Å². The zero-order valence-electron chi connectivity index (χ0n) is 20.1. The number of para-hydroxylation sites is 1. The molecular formula is C27H36N2O3S. The molecule has 1 fully saturated rings. The van der Waals surface area contributed by atoms with Gasteiger partial charge in [0.1, 0.15) is 0 Å². The van der Waals surface area contributed by atoms with Crippen molar-refractivity contribution in [2.24, 2.45) is 0 Å². The Labute approximate surface area is 202 Å². The first kappa shape index (κ1) is 24.0. The molecule has 0 spiro atoms. The van der Waals surface area contributed by atoms with E-state index in [9.17, 15) is 0 Å². The van der Waals surface area contributed by atoms with Crippen LogP contribution >= 0.6 is 11.8 Å². The summed E-state index contributed by atoms with van der Waals surface area (Å²) in [7, 11) is 3.38. The average molecular weight is 469 g/mol. The number of anilines is 1. The Morgan fingerprint density at radius 2 is 1.85 bits per heavy atom. The second kappa shape index (κ2) is 11.3. The van der Waals surface area contributed by atoms with Gasteiger partial charge < -0.3 is 19.1 Å². The third-order valence-corrected chi connectivity index (χ3v) is 7.60. The third kappa shape index (κ3) is 5.68. The molecule has 2 unspecified atom stereocenters. The number of fused-ring (bicyclic) bond motifs is 1. The molecular weight excluding hydrogens is 432 g/mol. The molecule has 0 saturated carbocycles. The number of hydrogen-bond acceptors (Lipinski definition) is 6. The van der Waals surface area contributed by atoms with Crippen molar-refractivity contribution in [2.75, 3.05) is 57.7 Å². The summed E-state index contributed by atoms with van der Waals surface area (Å²) >= 11 is 1.93. The summed E-state index contributed by atoms with van der Waals surface area (Å²) < 4.78 is 17.2. The highest BCUT2D eigenvalue weighted by Crippen LogP contribution is 2.44. The van der Waals surface area contributed by atoms with Crippen LogP contribution in [0.3, 0.4) is 0 Å². The Balaban J connectivity index is 1.65. The van der Waals surface area contributed by atoms with Crippen LogP contribution in [0.15, 0.2) is 59.5 Å². The highest BCUT2D eigenvalue weighted by Gasteiger charge is 2.33. The van der Waals surface area contributed by atoms with Gasteiger partial charge in [-0.25, -0.2) is 0 Å². The van der Waals surface area contributed by atoms with E-state index in [-0.39, 0.29) is 6.04 Å². The molecule has 4 rings (SSSR count). The van der Waals surface area contributed by atoms with E-state index in [1.807, 2.05) is 24.8 Å². The minimum atomic E-state index is 0.246. The number of likely N-dealkylation sites (tertiary alicyclic amines) is 1. The fourth-order valence-corrected chi connectivity index (χ4v) is 6.00. The van der Waals surface area contributed by atoms with Gasteiger partial charge in [-0.15, -0.1) is 11.8 Å². The number of hydrogen-bond donors (Lipinski definition) is 0. The van der Waals surface area contributed by atoms with Crippen molar-refractivity contribution in [1.82, 2.24) is 4.90 Å². The van der Waals surface area contributed by atoms with Gasteiger partial charge in [0.2, 0.25) is 0 Å². The first-order chi connectivity index (χ1) is 16.1. The molecule has 2 aliphatic heterocycles. The Hall–Kier alpha value is -2.15. The van der Waals surface area contributed by atoms with Gasteiger partial charge in [0, 0.05) is 17.2 Å². The van der Waals surface area contributed by atoms with Gasteiger partial charge in [0.25, 0.3) is 0 Å². The second-order valence-electron chi connectivity index (χ2n) is 8.93. The lowest BCUT2D eigenvalue weighted by atomic mass is 10.0. The van der Waals surface area contributed by atoms with E-state index in [1.54, 1.807) is 14.2 Å². The molecule has 2 aromatic carbocycles. The predicted molar refractivity (Wildman–Crippen MR) is 137 cm³/mol. The van der Waals surface area contributed by atoms with E-state index in [0.717, 1.165) is 49.1 Å². The van der Waals surface area contributed by atoms with Crippen LogP contribution in [0.1, 0.15) is 31.4 Å². The van der Waals surface area contributed by atoms with Crippen molar-refractivity contribution in [3.8, 4) is 11.5 Å².